The van der Waals surface area contributed by atoms with Gasteiger partial charge in [-0.25, -0.2) is 8.78 Å². The largest absolute Gasteiger partial charge is 0.418 e. The highest BCUT2D eigenvalue weighted by molar-refractivity contribution is 6.31. The quantitative estimate of drug-likeness (QED) is 0.390. The van der Waals surface area contributed by atoms with E-state index in [9.17, 15) is 8.78 Å². The number of rotatable bonds is 5. The molecule has 4 aromatic rings. The Balaban J connectivity index is 1.76. The lowest BCUT2D eigenvalue weighted by Gasteiger charge is -2.18. The molecule has 4 nitrogen and oxygen atoms in total. The second-order valence-corrected chi connectivity index (χ2v) is 7.00. The Morgan fingerprint density at radius 1 is 0.862 bits per heavy atom. The van der Waals surface area contributed by atoms with Crippen molar-refractivity contribution in [3.05, 3.63) is 99.9 Å². The molecule has 0 aliphatic heterocycles. The zero-order valence-electron chi connectivity index (χ0n) is 14.7. The monoisotopic (exact) mass is 431 g/mol. The van der Waals surface area contributed by atoms with E-state index in [0.717, 1.165) is 5.56 Å². The third-order valence-electron chi connectivity index (χ3n) is 4.21. The van der Waals surface area contributed by atoms with Crippen LogP contribution in [0.3, 0.4) is 0 Å². The van der Waals surface area contributed by atoms with Crippen LogP contribution in [-0.2, 0) is 0 Å². The maximum Gasteiger partial charge on any atom is 0.247 e. The molecule has 29 heavy (non-hydrogen) atoms. The highest BCUT2D eigenvalue weighted by Crippen LogP contribution is 2.33. The smallest absolute Gasteiger partial charge is 0.247 e. The van der Waals surface area contributed by atoms with Crippen LogP contribution in [0.2, 0.25) is 10.0 Å². The van der Waals surface area contributed by atoms with Gasteiger partial charge in [-0.2, -0.15) is 0 Å². The van der Waals surface area contributed by atoms with E-state index in [-0.39, 0.29) is 15.9 Å². The van der Waals surface area contributed by atoms with E-state index < -0.39 is 17.7 Å². The van der Waals surface area contributed by atoms with Crippen molar-refractivity contribution in [3.63, 3.8) is 0 Å². The minimum Gasteiger partial charge on any atom is -0.418 e. The van der Waals surface area contributed by atoms with E-state index in [4.69, 9.17) is 27.6 Å². The summed E-state index contributed by atoms with van der Waals surface area (Å²) >= 11 is 12.1. The summed E-state index contributed by atoms with van der Waals surface area (Å²) in [5.41, 5.74) is 1.76. The van der Waals surface area contributed by atoms with Crippen molar-refractivity contribution in [3.8, 4) is 11.5 Å². The Morgan fingerprint density at radius 3 is 2.38 bits per heavy atom. The zero-order chi connectivity index (χ0) is 20.4. The van der Waals surface area contributed by atoms with Gasteiger partial charge >= 0.3 is 0 Å². The molecule has 8 heteroatoms. The van der Waals surface area contributed by atoms with E-state index in [2.05, 4.69) is 15.5 Å². The Kier molecular flexibility index (Phi) is 5.47. The summed E-state index contributed by atoms with van der Waals surface area (Å²) in [5.74, 6) is -0.490. The van der Waals surface area contributed by atoms with Crippen LogP contribution in [0.15, 0.2) is 71.1 Å². The standard InChI is InChI=1S/C21H13Cl2F2N3O/c22-16-10-13(24)6-8-15(16)19(26-14-7-9-18(25)17(23)11-14)21-28-27-20(29-21)12-4-2-1-3-5-12/h1-11,19,26H/t19-/m1/s1. The number of hydrogen-bond acceptors (Lipinski definition) is 4. The molecule has 1 aromatic heterocycles. The molecule has 1 N–H and O–H groups in total. The molecule has 0 fully saturated rings. The van der Waals surface area contributed by atoms with Crippen LogP contribution in [0.1, 0.15) is 17.5 Å². The van der Waals surface area contributed by atoms with Gasteiger partial charge in [0.2, 0.25) is 11.8 Å². The molecule has 0 spiro atoms. The summed E-state index contributed by atoms with van der Waals surface area (Å²) in [6, 6.07) is 16.7. The Hall–Kier alpha value is -2.96. The van der Waals surface area contributed by atoms with E-state index in [0.29, 0.717) is 17.1 Å². The number of aromatic nitrogens is 2. The van der Waals surface area contributed by atoms with Crippen molar-refractivity contribution in [1.29, 1.82) is 0 Å². The highest BCUT2D eigenvalue weighted by atomic mass is 35.5. The number of anilines is 1. The maximum atomic E-state index is 13.5. The van der Waals surface area contributed by atoms with Gasteiger partial charge in [-0.1, -0.05) is 47.5 Å². The molecule has 0 saturated carbocycles. The molecule has 1 atom stereocenters. The topological polar surface area (TPSA) is 51.0 Å². The summed E-state index contributed by atoms with van der Waals surface area (Å²) < 4.78 is 32.9. The average molecular weight is 432 g/mol. The zero-order valence-corrected chi connectivity index (χ0v) is 16.3. The van der Waals surface area contributed by atoms with Crippen molar-refractivity contribution in [1.82, 2.24) is 10.2 Å². The van der Waals surface area contributed by atoms with Crippen molar-refractivity contribution in [2.24, 2.45) is 0 Å². The first-order chi connectivity index (χ1) is 14.0. The predicted molar refractivity (Wildman–Crippen MR) is 108 cm³/mol. The molecule has 0 radical (unpaired) electrons. The van der Waals surface area contributed by atoms with Gasteiger partial charge in [-0.15, -0.1) is 10.2 Å². The molecular weight excluding hydrogens is 419 g/mol. The lowest BCUT2D eigenvalue weighted by Crippen LogP contribution is -2.13. The summed E-state index contributed by atoms with van der Waals surface area (Å²) in [6.07, 6.45) is 0. The van der Waals surface area contributed by atoms with Crippen LogP contribution in [0.5, 0.6) is 0 Å². The fraction of sp³-hybridized carbons (Fsp3) is 0.0476. The lowest BCUT2D eigenvalue weighted by atomic mass is 10.1. The first-order valence-corrected chi connectivity index (χ1v) is 9.32. The first-order valence-electron chi connectivity index (χ1n) is 8.56. The van der Waals surface area contributed by atoms with Gasteiger partial charge < -0.3 is 9.73 Å². The molecule has 0 saturated heterocycles. The minimum atomic E-state index is -0.713. The van der Waals surface area contributed by atoms with Crippen LogP contribution in [0, 0.1) is 11.6 Å². The molecule has 0 unspecified atom stereocenters. The van der Waals surface area contributed by atoms with E-state index >= 15 is 0 Å². The van der Waals surface area contributed by atoms with E-state index in [1.165, 1.54) is 36.4 Å². The summed E-state index contributed by atoms with van der Waals surface area (Å²) in [5, 5.41) is 11.5. The molecule has 0 bridgehead atoms. The number of benzene rings is 3. The van der Waals surface area contributed by atoms with Crippen molar-refractivity contribution < 1.29 is 13.2 Å². The Labute approximate surface area is 175 Å². The number of hydrogen-bond donors (Lipinski definition) is 1. The second kappa shape index (κ2) is 8.19. The number of halogens is 4. The van der Waals surface area contributed by atoms with Crippen LogP contribution in [0.4, 0.5) is 14.5 Å². The predicted octanol–water partition coefficient (Wildman–Crippen LogP) is 6.52. The highest BCUT2D eigenvalue weighted by Gasteiger charge is 2.24. The number of nitrogens with one attached hydrogen (secondary N) is 1. The SMILES string of the molecule is Fc1ccc([C@@H](Nc2ccc(F)c(Cl)c2)c2nnc(-c3ccccc3)o2)c(Cl)c1. The van der Waals surface area contributed by atoms with Crippen molar-refractivity contribution in [2.45, 2.75) is 6.04 Å². The van der Waals surface area contributed by atoms with E-state index in [1.807, 2.05) is 30.3 Å². The normalized spacial score (nSPS) is 12.0. The van der Waals surface area contributed by atoms with Gasteiger partial charge in [0.15, 0.2) is 0 Å². The first kappa shape index (κ1) is 19.4. The number of nitrogens with zero attached hydrogens (tertiary/aromatic N) is 2. The maximum absolute atomic E-state index is 13.5. The minimum absolute atomic E-state index is 0.0468. The third kappa shape index (κ3) is 4.23. The fourth-order valence-electron chi connectivity index (χ4n) is 2.81. The van der Waals surface area contributed by atoms with Crippen molar-refractivity contribution >= 4 is 28.9 Å². The molecule has 0 aliphatic carbocycles. The van der Waals surface area contributed by atoms with Gasteiger partial charge in [-0.05, 0) is 42.5 Å². The van der Waals surface area contributed by atoms with Crippen LogP contribution < -0.4 is 5.32 Å². The second-order valence-electron chi connectivity index (χ2n) is 6.18. The Bertz CT molecular complexity index is 1150. The summed E-state index contributed by atoms with van der Waals surface area (Å²) in [4.78, 5) is 0. The van der Waals surface area contributed by atoms with Crippen LogP contribution in [-0.4, -0.2) is 10.2 Å². The fourth-order valence-corrected chi connectivity index (χ4v) is 3.27. The van der Waals surface area contributed by atoms with Crippen molar-refractivity contribution in [2.75, 3.05) is 5.32 Å². The van der Waals surface area contributed by atoms with E-state index in [1.54, 1.807) is 0 Å². The van der Waals surface area contributed by atoms with Gasteiger partial charge in [0.05, 0.1) is 5.02 Å². The van der Waals surface area contributed by atoms with Gasteiger partial charge in [0.25, 0.3) is 0 Å². The molecule has 146 valence electrons. The summed E-state index contributed by atoms with van der Waals surface area (Å²) in [7, 11) is 0. The van der Waals surface area contributed by atoms with Gasteiger partial charge in [-0.3, -0.25) is 0 Å². The lowest BCUT2D eigenvalue weighted by molar-refractivity contribution is 0.494. The molecule has 1 heterocycles. The van der Waals surface area contributed by atoms with Crippen LogP contribution >= 0.6 is 23.2 Å². The van der Waals surface area contributed by atoms with Crippen LogP contribution in [0.25, 0.3) is 11.5 Å². The third-order valence-corrected chi connectivity index (χ3v) is 4.83. The Morgan fingerprint density at radius 2 is 1.66 bits per heavy atom. The molecule has 0 aliphatic rings. The molecule has 4 rings (SSSR count). The molecule has 0 amide bonds. The van der Waals surface area contributed by atoms with Gasteiger partial charge in [0, 0.05) is 21.8 Å². The molecular formula is C21H13Cl2F2N3O. The average Bonchev–Trinajstić information content (AvgIpc) is 3.20. The van der Waals surface area contributed by atoms with Gasteiger partial charge in [0.1, 0.15) is 17.7 Å². The molecule has 3 aromatic carbocycles. The summed E-state index contributed by atoms with van der Waals surface area (Å²) in [6.45, 7) is 0.